The second-order valence-corrected chi connectivity index (χ2v) is 5.27. The lowest BCUT2D eigenvalue weighted by atomic mass is 9.95. The van der Waals surface area contributed by atoms with Crippen molar-refractivity contribution in [3.63, 3.8) is 0 Å². The van der Waals surface area contributed by atoms with Gasteiger partial charge >= 0.3 is 5.97 Å². The van der Waals surface area contributed by atoms with Crippen LogP contribution >= 0.6 is 0 Å². The van der Waals surface area contributed by atoms with Gasteiger partial charge in [0.05, 0.1) is 5.56 Å². The quantitative estimate of drug-likeness (QED) is 0.418. The van der Waals surface area contributed by atoms with E-state index < -0.39 is 5.97 Å². The van der Waals surface area contributed by atoms with Crippen molar-refractivity contribution in [1.29, 1.82) is 0 Å². The van der Waals surface area contributed by atoms with E-state index in [4.69, 9.17) is 9.47 Å². The number of benzene rings is 3. The topological polar surface area (TPSA) is 120 Å². The van der Waals surface area contributed by atoms with Gasteiger partial charge in [-0.1, -0.05) is 12.1 Å². The molecule has 0 fully saturated rings. The van der Waals surface area contributed by atoms with Crippen LogP contribution in [0.1, 0.15) is 10.4 Å². The molecule has 0 aliphatic carbocycles. The lowest BCUT2D eigenvalue weighted by Crippen LogP contribution is -2.13. The van der Waals surface area contributed by atoms with Gasteiger partial charge in [0.2, 0.25) is 6.79 Å². The number of anilines is 1. The second kappa shape index (κ2) is 4.88. The van der Waals surface area contributed by atoms with E-state index >= 15 is 0 Å². The number of phenolic OH excluding ortho intramolecular Hbond substituents is 1. The summed E-state index contributed by atoms with van der Waals surface area (Å²) in [5.41, 5.74) is -0.378. The number of aromatic carboxylic acids is 1. The molecular weight excluding hydrogens is 318 g/mol. The number of aromatic hydroxyl groups is 1. The summed E-state index contributed by atoms with van der Waals surface area (Å²) >= 11 is 0. The number of carboxylic acids is 1. The minimum Gasteiger partial charge on any atom is -0.507 e. The number of carboxylic acid groups (broad SMARTS) is 1. The third-order valence-corrected chi connectivity index (χ3v) is 4.00. The molecule has 1 aliphatic rings. The average molecular weight is 329 g/mol. The Bertz CT molecular complexity index is 1010. The van der Waals surface area contributed by atoms with Crippen LogP contribution in [-0.2, 0) is 0 Å². The van der Waals surface area contributed by atoms with Gasteiger partial charge in [-0.15, -0.1) is 5.23 Å². The van der Waals surface area contributed by atoms with E-state index in [0.29, 0.717) is 16.2 Å². The lowest BCUT2D eigenvalue weighted by molar-refractivity contribution is 0.0300. The van der Waals surface area contributed by atoms with E-state index in [0.717, 1.165) is 0 Å². The van der Waals surface area contributed by atoms with Crippen molar-refractivity contribution in [2.75, 3.05) is 12.0 Å². The number of rotatable bonds is 2. The van der Waals surface area contributed by atoms with Crippen molar-refractivity contribution >= 4 is 33.2 Å². The van der Waals surface area contributed by atoms with E-state index in [1.165, 1.54) is 18.2 Å². The Balaban J connectivity index is 2.33. The van der Waals surface area contributed by atoms with Crippen molar-refractivity contribution in [2.45, 2.75) is 0 Å². The zero-order valence-electron chi connectivity index (χ0n) is 12.1. The molecule has 3 aromatic rings. The van der Waals surface area contributed by atoms with E-state index in [-0.39, 0.29) is 45.9 Å². The first-order valence-corrected chi connectivity index (χ1v) is 6.91. The molecule has 122 valence electrons. The normalized spacial score (nSPS) is 12.8. The van der Waals surface area contributed by atoms with Gasteiger partial charge in [0.25, 0.3) is 0 Å². The molecular formula is C16H11NO7. The van der Waals surface area contributed by atoms with Gasteiger partial charge in [-0.3, -0.25) is 10.4 Å². The molecule has 0 saturated carbocycles. The Morgan fingerprint density at radius 3 is 2.58 bits per heavy atom. The van der Waals surface area contributed by atoms with Gasteiger partial charge in [0.1, 0.15) is 11.4 Å². The summed E-state index contributed by atoms with van der Waals surface area (Å²) in [6.07, 6.45) is 0. The first-order chi connectivity index (χ1) is 11.5. The van der Waals surface area contributed by atoms with Gasteiger partial charge in [-0.25, -0.2) is 4.79 Å². The summed E-state index contributed by atoms with van der Waals surface area (Å²) in [5, 5.41) is 39.8. The van der Waals surface area contributed by atoms with Gasteiger partial charge in [0.15, 0.2) is 11.5 Å². The van der Waals surface area contributed by atoms with Crippen LogP contribution in [0.15, 0.2) is 30.3 Å². The van der Waals surface area contributed by atoms with Crippen molar-refractivity contribution < 1.29 is 34.9 Å². The largest absolute Gasteiger partial charge is 0.507 e. The van der Waals surface area contributed by atoms with Crippen molar-refractivity contribution in [2.24, 2.45) is 0 Å². The van der Waals surface area contributed by atoms with Crippen molar-refractivity contribution in [3.8, 4) is 17.2 Å². The van der Waals surface area contributed by atoms with Crippen molar-refractivity contribution in [1.82, 2.24) is 0 Å². The molecule has 1 aliphatic heterocycles. The van der Waals surface area contributed by atoms with Crippen LogP contribution in [0.25, 0.3) is 21.5 Å². The highest BCUT2D eigenvalue weighted by atomic mass is 16.8. The summed E-state index contributed by atoms with van der Waals surface area (Å²) in [5.74, 6) is -0.829. The highest BCUT2D eigenvalue weighted by molar-refractivity contribution is 6.22. The molecule has 4 rings (SSSR count). The number of ether oxygens (including phenoxy) is 2. The number of carbonyl (C=O) groups is 1. The zero-order valence-corrected chi connectivity index (χ0v) is 12.1. The van der Waals surface area contributed by atoms with Crippen LogP contribution < -0.4 is 14.7 Å². The maximum Gasteiger partial charge on any atom is 0.336 e. The van der Waals surface area contributed by atoms with Gasteiger partial charge < -0.3 is 19.7 Å². The minimum atomic E-state index is -1.26. The number of hydrogen-bond acceptors (Lipinski definition) is 7. The van der Waals surface area contributed by atoms with Gasteiger partial charge in [0, 0.05) is 16.2 Å². The molecule has 0 unspecified atom stereocenters. The molecule has 0 spiro atoms. The Kier molecular flexibility index (Phi) is 2.92. The van der Waals surface area contributed by atoms with Crippen LogP contribution in [0.4, 0.5) is 5.69 Å². The molecule has 8 heteroatoms. The lowest BCUT2D eigenvalue weighted by Gasteiger charge is -2.17. The van der Waals surface area contributed by atoms with Crippen LogP contribution in [0.3, 0.4) is 0 Å². The van der Waals surface area contributed by atoms with Gasteiger partial charge in [-0.05, 0) is 23.6 Å². The first kappa shape index (κ1) is 14.4. The maximum absolute atomic E-state index is 11.7. The fraction of sp³-hybridized carbons (Fsp3) is 0.0625. The third kappa shape index (κ3) is 1.84. The Labute approximate surface area is 134 Å². The molecule has 8 nitrogen and oxygen atoms in total. The van der Waals surface area contributed by atoms with Crippen LogP contribution in [0.2, 0.25) is 0 Å². The molecule has 24 heavy (non-hydrogen) atoms. The van der Waals surface area contributed by atoms with E-state index in [2.05, 4.69) is 0 Å². The number of phenols is 1. The Morgan fingerprint density at radius 1 is 1.08 bits per heavy atom. The second-order valence-electron chi connectivity index (χ2n) is 5.27. The number of nitrogens with zero attached hydrogens (tertiary/aromatic N) is 1. The Hall–Kier alpha value is -3.23. The molecule has 4 N–H and O–H groups in total. The fourth-order valence-corrected chi connectivity index (χ4v) is 3.02. The predicted octanol–water partition coefficient (Wildman–Crippen LogP) is 2.71. The van der Waals surface area contributed by atoms with E-state index in [9.17, 15) is 25.4 Å². The SMILES string of the molecule is O=C(O)c1cc2c(c3c1c(N(O)O)cc1c(O)cccc13)OCO2. The molecule has 0 aromatic heterocycles. The maximum atomic E-state index is 11.7. The molecule has 0 bridgehead atoms. The highest BCUT2D eigenvalue weighted by Crippen LogP contribution is 2.48. The molecule has 0 atom stereocenters. The highest BCUT2D eigenvalue weighted by Gasteiger charge is 2.27. The predicted molar refractivity (Wildman–Crippen MR) is 82.3 cm³/mol. The summed E-state index contributed by atoms with van der Waals surface area (Å²) in [7, 11) is 0. The van der Waals surface area contributed by atoms with E-state index in [1.807, 2.05) is 0 Å². The van der Waals surface area contributed by atoms with Crippen LogP contribution in [0, 0.1) is 0 Å². The van der Waals surface area contributed by atoms with Gasteiger partial charge in [-0.2, -0.15) is 0 Å². The zero-order chi connectivity index (χ0) is 17.0. The minimum absolute atomic E-state index is 0.0647. The van der Waals surface area contributed by atoms with Crippen molar-refractivity contribution in [3.05, 3.63) is 35.9 Å². The fourth-order valence-electron chi connectivity index (χ4n) is 3.02. The average Bonchev–Trinajstić information content (AvgIpc) is 3.01. The summed E-state index contributed by atoms with van der Waals surface area (Å²) in [6.45, 7) is -0.0833. The van der Waals surface area contributed by atoms with Crippen LogP contribution in [0.5, 0.6) is 17.2 Å². The van der Waals surface area contributed by atoms with Crippen LogP contribution in [-0.4, -0.2) is 33.4 Å². The first-order valence-electron chi connectivity index (χ1n) is 6.91. The third-order valence-electron chi connectivity index (χ3n) is 4.00. The Morgan fingerprint density at radius 2 is 1.88 bits per heavy atom. The summed E-state index contributed by atoms with van der Waals surface area (Å²) in [4.78, 5) is 11.7. The number of hydrogen-bond donors (Lipinski definition) is 4. The molecule has 3 aromatic carbocycles. The molecule has 0 radical (unpaired) electrons. The summed E-state index contributed by atoms with van der Waals surface area (Å²) in [6, 6.07) is 7.28. The van der Waals surface area contributed by atoms with E-state index in [1.54, 1.807) is 12.1 Å². The molecule has 0 amide bonds. The monoisotopic (exact) mass is 329 g/mol. The summed E-state index contributed by atoms with van der Waals surface area (Å²) < 4.78 is 10.7. The molecule has 0 saturated heterocycles. The molecule has 1 heterocycles. The smallest absolute Gasteiger partial charge is 0.336 e. The standard InChI is InChI=1S/C16H11NO7/c18-11-3-1-2-7-8(11)4-10(17(21)22)13-9(16(19)20)5-12-15(14(7)13)24-6-23-12/h1-5,18,21-22H,6H2,(H,19,20). The number of fused-ring (bicyclic) bond motifs is 5.